The molecule has 0 fully saturated rings. The van der Waals surface area contributed by atoms with E-state index in [2.05, 4.69) is 25.2 Å². The lowest BCUT2D eigenvalue weighted by Gasteiger charge is -2.18. The minimum atomic E-state index is -0.610. The molecule has 0 aliphatic carbocycles. The Morgan fingerprint density at radius 3 is 2.24 bits per heavy atom. The van der Waals surface area contributed by atoms with Crippen molar-refractivity contribution in [2.45, 2.75) is 67.9 Å². The molecular weight excluding hydrogens is 431 g/mol. The number of H-pyrrole nitrogens is 2. The first-order chi connectivity index (χ1) is 16.6. The molecule has 3 rings (SSSR count). The van der Waals surface area contributed by atoms with Gasteiger partial charge in [-0.15, -0.1) is 0 Å². The van der Waals surface area contributed by atoms with Gasteiger partial charge in [0.2, 0.25) is 0 Å². The summed E-state index contributed by atoms with van der Waals surface area (Å²) < 4.78 is 19.2. The molecule has 0 aliphatic heterocycles. The van der Waals surface area contributed by atoms with Crippen LogP contribution in [0.4, 0.5) is 10.2 Å². The van der Waals surface area contributed by atoms with E-state index in [4.69, 9.17) is 10.5 Å². The van der Waals surface area contributed by atoms with Gasteiger partial charge in [0.1, 0.15) is 17.8 Å². The maximum atomic E-state index is 13.3. The molecule has 0 saturated heterocycles. The molecule has 1 atom stereocenters. The second-order valence-corrected chi connectivity index (χ2v) is 6.27. The fourth-order valence-corrected chi connectivity index (χ4v) is 2.59. The smallest absolute Gasteiger partial charge is 0.179 e. The molecule has 0 spiro atoms. The number of halogens is 1. The maximum absolute atomic E-state index is 13.3. The van der Waals surface area contributed by atoms with Gasteiger partial charge in [0, 0.05) is 24.6 Å². The van der Waals surface area contributed by atoms with E-state index in [1.165, 1.54) is 12.1 Å². The Morgan fingerprint density at radius 2 is 1.74 bits per heavy atom. The molecule has 0 radical (unpaired) electrons. The Morgan fingerprint density at radius 1 is 1.09 bits per heavy atom. The zero-order valence-electron chi connectivity index (χ0n) is 21.8. The summed E-state index contributed by atoms with van der Waals surface area (Å²) in [7, 11) is 0. The summed E-state index contributed by atoms with van der Waals surface area (Å²) in [6.45, 7) is 16.4. The van der Waals surface area contributed by atoms with Crippen molar-refractivity contribution in [1.82, 2.24) is 15.2 Å². The number of nitrogens with one attached hydrogen (secondary N) is 2. The van der Waals surface area contributed by atoms with Gasteiger partial charge in [0.25, 0.3) is 0 Å². The zero-order chi connectivity index (χ0) is 25.9. The molecule has 2 heterocycles. The lowest BCUT2D eigenvalue weighted by molar-refractivity contribution is 0.0978. The fraction of sp³-hybridized carbons (Fsp3) is 0.423. The topological polar surface area (TPSA) is 104 Å². The zero-order valence-corrected chi connectivity index (χ0v) is 21.8. The van der Waals surface area contributed by atoms with Crippen LogP contribution in [0.3, 0.4) is 0 Å². The van der Waals surface area contributed by atoms with E-state index in [9.17, 15) is 4.39 Å². The third-order valence-electron chi connectivity index (χ3n) is 3.92. The van der Waals surface area contributed by atoms with E-state index < -0.39 is 6.10 Å². The van der Waals surface area contributed by atoms with Crippen molar-refractivity contribution >= 4 is 17.5 Å². The third kappa shape index (κ3) is 10.1. The Hall–Kier alpha value is -3.26. The Kier molecular flexibility index (Phi) is 16.5. The second-order valence-electron chi connectivity index (χ2n) is 6.27. The number of rotatable bonds is 7. The summed E-state index contributed by atoms with van der Waals surface area (Å²) in [5.41, 5.74) is 8.60. The molecule has 188 valence electrons. The van der Waals surface area contributed by atoms with Crippen LogP contribution in [-0.2, 0) is 4.74 Å². The fourth-order valence-electron chi connectivity index (χ4n) is 2.59. The number of aromatic nitrogens is 3. The minimum Gasteiger partial charge on any atom is -0.385 e. The molecular formula is C26H41FN6O. The van der Waals surface area contributed by atoms with Gasteiger partial charge in [-0.05, 0) is 43.2 Å². The molecule has 2 aromatic heterocycles. The van der Waals surface area contributed by atoms with Gasteiger partial charge >= 0.3 is 0 Å². The highest BCUT2D eigenvalue weighted by molar-refractivity contribution is 6.07. The number of ether oxygens (including phenoxy) is 1. The molecule has 1 aromatic carbocycles. The van der Waals surface area contributed by atoms with Crippen molar-refractivity contribution in [2.24, 2.45) is 15.7 Å². The van der Waals surface area contributed by atoms with Gasteiger partial charge in [-0.3, -0.25) is 5.10 Å². The Labute approximate surface area is 203 Å². The molecule has 0 aliphatic rings. The van der Waals surface area contributed by atoms with E-state index in [1.54, 1.807) is 24.4 Å². The molecule has 4 N–H and O–H groups in total. The van der Waals surface area contributed by atoms with E-state index in [-0.39, 0.29) is 11.7 Å². The van der Waals surface area contributed by atoms with Crippen LogP contribution in [0, 0.1) is 12.7 Å². The number of amidine groups is 2. The summed E-state index contributed by atoms with van der Waals surface area (Å²) in [6, 6.07) is 11.5. The number of aryl methyl sites for hydroxylation is 1. The Balaban J connectivity index is 0.00000168. The summed E-state index contributed by atoms with van der Waals surface area (Å²) in [6.07, 6.45) is 1.98. The molecule has 8 heteroatoms. The van der Waals surface area contributed by atoms with Crippen molar-refractivity contribution in [2.75, 3.05) is 6.61 Å². The van der Waals surface area contributed by atoms with Crippen molar-refractivity contribution in [1.29, 1.82) is 0 Å². The largest absolute Gasteiger partial charge is 0.385 e. The first kappa shape index (κ1) is 30.7. The normalized spacial score (nSPS) is 11.8. The molecule has 7 nitrogen and oxygen atoms in total. The van der Waals surface area contributed by atoms with Gasteiger partial charge < -0.3 is 15.5 Å². The standard InChI is InChI=1S/C20H23FN6O.3C2H6/c1-3-11-28-18(14-6-8-15(21)9-7-14)19(22)25-20(16-5-4-10-23-16)24-17-12-13(2)26-27-17;3*1-2/h4-10,12,18,23H,3,11H2,1-2H3,(H3,22,24,25,26,27);3*1-2H3. The molecule has 0 bridgehead atoms. The van der Waals surface area contributed by atoms with Gasteiger partial charge in [-0.25, -0.2) is 14.4 Å². The van der Waals surface area contributed by atoms with Crippen LogP contribution in [0.15, 0.2) is 58.6 Å². The highest BCUT2D eigenvalue weighted by Crippen LogP contribution is 2.20. The average Bonchev–Trinajstić information content (AvgIpc) is 3.56. The van der Waals surface area contributed by atoms with E-state index in [0.717, 1.165) is 17.7 Å². The maximum Gasteiger partial charge on any atom is 0.179 e. The van der Waals surface area contributed by atoms with Crippen LogP contribution >= 0.6 is 0 Å². The lowest BCUT2D eigenvalue weighted by Crippen LogP contribution is -2.26. The van der Waals surface area contributed by atoms with Crippen molar-refractivity contribution in [3.63, 3.8) is 0 Å². The highest BCUT2D eigenvalue weighted by Gasteiger charge is 2.18. The number of nitrogens with zero attached hydrogens (tertiary/aromatic N) is 3. The quantitative estimate of drug-likeness (QED) is 0.258. The summed E-state index contributed by atoms with van der Waals surface area (Å²) in [4.78, 5) is 12.1. The minimum absolute atomic E-state index is 0.223. The van der Waals surface area contributed by atoms with E-state index in [0.29, 0.717) is 24.0 Å². The molecule has 1 unspecified atom stereocenters. The van der Waals surface area contributed by atoms with Crippen LogP contribution in [0.1, 0.15) is 77.9 Å². The molecule has 0 amide bonds. The summed E-state index contributed by atoms with van der Waals surface area (Å²) in [5, 5.41) is 6.97. The monoisotopic (exact) mass is 472 g/mol. The van der Waals surface area contributed by atoms with Crippen molar-refractivity contribution in [3.05, 3.63) is 71.4 Å². The number of nitrogens with two attached hydrogens (primary N) is 1. The first-order valence-corrected chi connectivity index (χ1v) is 12.0. The van der Waals surface area contributed by atoms with Gasteiger partial charge in [0.05, 0.1) is 5.69 Å². The van der Waals surface area contributed by atoms with E-state index in [1.807, 2.05) is 67.5 Å². The third-order valence-corrected chi connectivity index (χ3v) is 3.92. The lowest BCUT2D eigenvalue weighted by atomic mass is 10.1. The number of hydrogen-bond acceptors (Lipinski definition) is 3. The van der Waals surface area contributed by atoms with Gasteiger partial charge in [-0.2, -0.15) is 5.10 Å². The highest BCUT2D eigenvalue weighted by atomic mass is 19.1. The predicted octanol–water partition coefficient (Wildman–Crippen LogP) is 6.87. The summed E-state index contributed by atoms with van der Waals surface area (Å²) >= 11 is 0. The SMILES string of the molecule is CC.CC.CC.CCCOC(C(N)=NC(=Nc1cc(C)[nH]n1)c1ccc[nH]1)c1ccc(F)cc1. The summed E-state index contributed by atoms with van der Waals surface area (Å²) in [5.74, 6) is 0.768. The van der Waals surface area contributed by atoms with E-state index >= 15 is 0 Å². The van der Waals surface area contributed by atoms with Crippen molar-refractivity contribution in [3.8, 4) is 0 Å². The van der Waals surface area contributed by atoms with Gasteiger partial charge in [-0.1, -0.05) is 60.6 Å². The predicted molar refractivity (Wildman–Crippen MR) is 141 cm³/mol. The second kappa shape index (κ2) is 18.2. The first-order valence-electron chi connectivity index (χ1n) is 12.0. The number of hydrogen-bond donors (Lipinski definition) is 3. The van der Waals surface area contributed by atoms with Crippen molar-refractivity contribution < 1.29 is 9.13 Å². The Bertz CT molecular complexity index is 946. The number of aromatic amines is 2. The van der Waals surface area contributed by atoms with Crippen LogP contribution in [0.25, 0.3) is 0 Å². The van der Waals surface area contributed by atoms with Gasteiger partial charge in [0.15, 0.2) is 11.7 Å². The van der Waals surface area contributed by atoms with Crippen LogP contribution in [-0.4, -0.2) is 33.5 Å². The molecule has 34 heavy (non-hydrogen) atoms. The number of aliphatic imine (C=N–C) groups is 2. The number of benzene rings is 1. The molecule has 3 aromatic rings. The van der Waals surface area contributed by atoms with Crippen LogP contribution in [0.5, 0.6) is 0 Å². The van der Waals surface area contributed by atoms with Crippen LogP contribution < -0.4 is 5.73 Å². The average molecular weight is 473 g/mol. The molecule has 0 saturated carbocycles. The van der Waals surface area contributed by atoms with Crippen LogP contribution in [0.2, 0.25) is 0 Å².